The Morgan fingerprint density at radius 2 is 1.93 bits per heavy atom. The van der Waals surface area contributed by atoms with Crippen LogP contribution in [0.5, 0.6) is 0 Å². The van der Waals surface area contributed by atoms with Gasteiger partial charge in [-0.2, -0.15) is 0 Å². The highest BCUT2D eigenvalue weighted by atomic mass is 19.1. The number of benzene rings is 2. The number of carbonyl (C=O) groups excluding carboxylic acids is 1. The zero-order valence-electron chi connectivity index (χ0n) is 17.0. The first-order chi connectivity index (χ1) is 14.4. The zero-order chi connectivity index (χ0) is 21.0. The number of aryl methyl sites for hydroxylation is 1. The molecule has 0 radical (unpaired) electrons. The molecule has 3 atom stereocenters. The molecule has 2 fully saturated rings. The number of para-hydroxylation sites is 1. The molecular formula is C22H25F2N5O. The first-order valence-electron chi connectivity index (χ1n) is 10.3. The Hall–Kier alpha value is -2.39. The molecule has 3 heterocycles. The number of amides is 1. The molecule has 0 spiro atoms. The van der Waals surface area contributed by atoms with Gasteiger partial charge >= 0.3 is 0 Å². The van der Waals surface area contributed by atoms with E-state index in [1.807, 2.05) is 6.07 Å². The molecule has 0 aliphatic carbocycles. The number of hydrogen-bond acceptors (Lipinski definition) is 5. The highest BCUT2D eigenvalue weighted by molar-refractivity contribution is 5.94. The molecule has 0 saturated carbocycles. The van der Waals surface area contributed by atoms with Crippen LogP contribution < -0.4 is 21.3 Å². The van der Waals surface area contributed by atoms with Crippen LogP contribution in [0.25, 0.3) is 0 Å². The maximum Gasteiger partial charge on any atom is 0.243 e. The van der Waals surface area contributed by atoms with Crippen molar-refractivity contribution in [3.05, 3.63) is 64.2 Å². The molecule has 30 heavy (non-hydrogen) atoms. The van der Waals surface area contributed by atoms with E-state index in [0.717, 1.165) is 30.6 Å². The minimum Gasteiger partial charge on any atom is -0.302 e. The van der Waals surface area contributed by atoms with Crippen LogP contribution in [-0.2, 0) is 17.8 Å². The fourth-order valence-corrected chi connectivity index (χ4v) is 4.80. The molecule has 3 aliphatic heterocycles. The van der Waals surface area contributed by atoms with Gasteiger partial charge in [0.25, 0.3) is 0 Å². The van der Waals surface area contributed by atoms with E-state index >= 15 is 4.39 Å². The lowest BCUT2D eigenvalue weighted by atomic mass is 9.89. The third-order valence-electron chi connectivity index (χ3n) is 6.41. The summed E-state index contributed by atoms with van der Waals surface area (Å²) in [5.41, 5.74) is 13.1. The molecule has 158 valence electrons. The van der Waals surface area contributed by atoms with Gasteiger partial charge in [0.15, 0.2) is 0 Å². The van der Waals surface area contributed by atoms with E-state index in [1.54, 1.807) is 25.1 Å². The maximum absolute atomic E-state index is 15.1. The van der Waals surface area contributed by atoms with Gasteiger partial charge < -0.3 is 4.90 Å². The third kappa shape index (κ3) is 3.20. The summed E-state index contributed by atoms with van der Waals surface area (Å²) in [6, 6.07) is 7.37. The number of rotatable bonds is 2. The van der Waals surface area contributed by atoms with Gasteiger partial charge in [0.2, 0.25) is 5.91 Å². The predicted molar refractivity (Wildman–Crippen MR) is 109 cm³/mol. The average Bonchev–Trinajstić information content (AvgIpc) is 3.10. The number of fused-ring (bicyclic) bond motifs is 2. The summed E-state index contributed by atoms with van der Waals surface area (Å²) in [4.78, 5) is 14.9. The van der Waals surface area contributed by atoms with Crippen LogP contribution >= 0.6 is 0 Å². The largest absolute Gasteiger partial charge is 0.302 e. The van der Waals surface area contributed by atoms with E-state index in [-0.39, 0.29) is 35.9 Å². The molecule has 3 aliphatic rings. The van der Waals surface area contributed by atoms with Crippen molar-refractivity contribution in [2.24, 2.45) is 0 Å². The monoisotopic (exact) mass is 413 g/mol. The number of nitrogens with zero attached hydrogens (tertiary/aromatic N) is 2. The van der Waals surface area contributed by atoms with Crippen molar-refractivity contribution in [3.8, 4) is 0 Å². The number of likely N-dealkylation sites (N-methyl/N-ethyl adjacent to an activating group) is 1. The maximum atomic E-state index is 15.1. The van der Waals surface area contributed by atoms with Crippen LogP contribution in [0.3, 0.4) is 0 Å². The molecular weight excluding hydrogens is 388 g/mol. The lowest BCUT2D eigenvalue weighted by Crippen LogP contribution is -2.60. The second-order valence-corrected chi connectivity index (χ2v) is 8.50. The lowest BCUT2D eigenvalue weighted by molar-refractivity contribution is -0.121. The summed E-state index contributed by atoms with van der Waals surface area (Å²) < 4.78 is 29.6. The normalized spacial score (nSPS) is 26.6. The predicted octanol–water partition coefficient (Wildman–Crippen LogP) is 2.09. The van der Waals surface area contributed by atoms with Crippen LogP contribution in [-0.4, -0.2) is 36.5 Å². The molecule has 5 rings (SSSR count). The fourth-order valence-electron chi connectivity index (χ4n) is 4.80. The van der Waals surface area contributed by atoms with Crippen molar-refractivity contribution in [1.82, 2.24) is 21.2 Å². The third-order valence-corrected chi connectivity index (χ3v) is 6.41. The molecule has 0 aromatic heterocycles. The highest BCUT2D eigenvalue weighted by Gasteiger charge is 2.45. The SMILES string of the molecule is Cc1cccc(F)c1N1NC2C(CC1=O)NNC2c1cc2c(cc1F)CCN(C)C2. The van der Waals surface area contributed by atoms with Crippen LogP contribution in [0.2, 0.25) is 0 Å². The van der Waals surface area contributed by atoms with E-state index < -0.39 is 11.9 Å². The summed E-state index contributed by atoms with van der Waals surface area (Å²) in [6.45, 7) is 3.46. The standard InChI is InChI=1S/C22H25F2N5O/c1-12-4-3-5-16(23)22(12)29-19(30)10-18-21(27-29)20(26-25-18)15-8-14-11-28(2)7-6-13(14)9-17(15)24/h3-5,8-9,18,20-21,25-27H,6-7,10-11H2,1-2H3. The quantitative estimate of drug-likeness (QED) is 0.704. The number of hydrogen-bond donors (Lipinski definition) is 3. The molecule has 8 heteroatoms. The van der Waals surface area contributed by atoms with Crippen LogP contribution in [0.15, 0.2) is 30.3 Å². The summed E-state index contributed by atoms with van der Waals surface area (Å²) in [6.07, 6.45) is 1.02. The van der Waals surface area contributed by atoms with Gasteiger partial charge in [-0.15, -0.1) is 0 Å². The van der Waals surface area contributed by atoms with Crippen LogP contribution in [0.1, 0.15) is 34.7 Å². The van der Waals surface area contributed by atoms with E-state index in [4.69, 9.17) is 0 Å². The molecule has 2 aromatic rings. The molecule has 2 aromatic carbocycles. The van der Waals surface area contributed by atoms with Gasteiger partial charge in [0, 0.05) is 31.1 Å². The van der Waals surface area contributed by atoms with Crippen molar-refractivity contribution in [2.75, 3.05) is 18.6 Å². The Kier molecular flexibility index (Phi) is 4.82. The summed E-state index contributed by atoms with van der Waals surface area (Å²) in [5.74, 6) is -0.953. The van der Waals surface area contributed by atoms with E-state index in [2.05, 4.69) is 28.2 Å². The van der Waals surface area contributed by atoms with Crippen LogP contribution in [0, 0.1) is 18.6 Å². The van der Waals surface area contributed by atoms with Gasteiger partial charge in [0.1, 0.15) is 11.6 Å². The van der Waals surface area contributed by atoms with Gasteiger partial charge in [-0.3, -0.25) is 10.2 Å². The zero-order valence-corrected chi connectivity index (χ0v) is 17.0. The molecule has 3 unspecified atom stereocenters. The Labute approximate surface area is 174 Å². The minimum absolute atomic E-state index is 0.185. The first-order valence-corrected chi connectivity index (χ1v) is 10.3. The van der Waals surface area contributed by atoms with E-state index in [0.29, 0.717) is 11.1 Å². The molecule has 1 amide bonds. The van der Waals surface area contributed by atoms with E-state index in [9.17, 15) is 9.18 Å². The van der Waals surface area contributed by atoms with E-state index in [1.165, 1.54) is 11.1 Å². The van der Waals surface area contributed by atoms with Gasteiger partial charge in [-0.1, -0.05) is 12.1 Å². The molecule has 0 bridgehead atoms. The minimum atomic E-state index is -0.465. The Bertz CT molecular complexity index is 993. The summed E-state index contributed by atoms with van der Waals surface area (Å²) >= 11 is 0. The van der Waals surface area contributed by atoms with Crippen molar-refractivity contribution in [1.29, 1.82) is 0 Å². The topological polar surface area (TPSA) is 59.6 Å². The first kappa shape index (κ1) is 19.6. The fraction of sp³-hybridized carbons (Fsp3) is 0.409. The second kappa shape index (κ2) is 7.39. The Morgan fingerprint density at radius 3 is 2.73 bits per heavy atom. The molecule has 3 N–H and O–H groups in total. The number of halogens is 2. The number of hydrazine groups is 2. The number of nitrogens with one attached hydrogen (secondary N) is 3. The van der Waals surface area contributed by atoms with Crippen molar-refractivity contribution < 1.29 is 13.6 Å². The van der Waals surface area contributed by atoms with Crippen molar-refractivity contribution in [2.45, 2.75) is 44.4 Å². The van der Waals surface area contributed by atoms with Gasteiger partial charge in [0.05, 0.1) is 17.8 Å². The Morgan fingerprint density at radius 1 is 1.10 bits per heavy atom. The van der Waals surface area contributed by atoms with Crippen molar-refractivity contribution >= 4 is 11.6 Å². The second-order valence-electron chi connectivity index (χ2n) is 8.50. The van der Waals surface area contributed by atoms with Gasteiger partial charge in [-0.05, 0) is 55.3 Å². The molecule has 2 saturated heterocycles. The Balaban J connectivity index is 1.48. The average molecular weight is 413 g/mol. The summed E-state index contributed by atoms with van der Waals surface area (Å²) in [7, 11) is 2.06. The summed E-state index contributed by atoms with van der Waals surface area (Å²) in [5, 5.41) is 1.29. The van der Waals surface area contributed by atoms with Gasteiger partial charge in [-0.25, -0.2) is 24.6 Å². The highest BCUT2D eigenvalue weighted by Crippen LogP contribution is 2.34. The lowest BCUT2D eigenvalue weighted by Gasteiger charge is -2.37. The van der Waals surface area contributed by atoms with Crippen molar-refractivity contribution in [3.63, 3.8) is 0 Å². The number of carbonyl (C=O) groups is 1. The number of anilines is 1. The van der Waals surface area contributed by atoms with Crippen LogP contribution in [0.4, 0.5) is 14.5 Å². The smallest absolute Gasteiger partial charge is 0.243 e. The molecule has 6 nitrogen and oxygen atoms in total.